The lowest BCUT2D eigenvalue weighted by molar-refractivity contribution is 0.627. The number of benzene rings is 3. The lowest BCUT2D eigenvalue weighted by atomic mass is 9.93. The molecule has 132 valence electrons. The molecule has 0 atom stereocenters. The van der Waals surface area contributed by atoms with E-state index in [1.165, 1.54) is 29.8 Å². The van der Waals surface area contributed by atoms with Crippen LogP contribution in [-0.4, -0.2) is 6.54 Å². The Bertz CT molecular complexity index is 853. The van der Waals surface area contributed by atoms with Crippen LogP contribution >= 0.6 is 0 Å². The first-order valence-electron chi connectivity index (χ1n) is 8.60. The van der Waals surface area contributed by atoms with E-state index in [0.29, 0.717) is 6.54 Å². The third kappa shape index (κ3) is 4.64. The van der Waals surface area contributed by atoms with Gasteiger partial charge in [-0.1, -0.05) is 60.2 Å². The van der Waals surface area contributed by atoms with E-state index in [2.05, 4.69) is 17.4 Å². The van der Waals surface area contributed by atoms with Crippen LogP contribution in [0.1, 0.15) is 23.6 Å². The third-order valence-corrected chi connectivity index (χ3v) is 4.22. The molecule has 26 heavy (non-hydrogen) atoms. The van der Waals surface area contributed by atoms with Crippen LogP contribution in [0.3, 0.4) is 0 Å². The molecular weight excluding hydrogens is 328 g/mol. The first-order valence-corrected chi connectivity index (χ1v) is 8.60. The lowest BCUT2D eigenvalue weighted by Gasteiger charge is -2.15. The SMILES string of the molecule is CC(CNCc1ccccc1)=C(c1cccc(F)c1)c1cccc(F)c1. The van der Waals surface area contributed by atoms with Gasteiger partial charge in [-0.25, -0.2) is 8.78 Å². The van der Waals surface area contributed by atoms with Gasteiger partial charge in [0.1, 0.15) is 11.6 Å². The van der Waals surface area contributed by atoms with E-state index < -0.39 is 0 Å². The highest BCUT2D eigenvalue weighted by molar-refractivity contribution is 5.82. The quantitative estimate of drug-likeness (QED) is 0.613. The van der Waals surface area contributed by atoms with Gasteiger partial charge in [0, 0.05) is 13.1 Å². The Morgan fingerprint density at radius 3 is 1.88 bits per heavy atom. The van der Waals surface area contributed by atoms with Crippen molar-refractivity contribution in [2.75, 3.05) is 6.54 Å². The second-order valence-electron chi connectivity index (χ2n) is 6.27. The molecule has 0 aliphatic rings. The molecule has 0 aliphatic carbocycles. The largest absolute Gasteiger partial charge is 0.309 e. The second-order valence-corrected chi connectivity index (χ2v) is 6.27. The number of rotatable bonds is 6. The number of hydrogen-bond acceptors (Lipinski definition) is 1. The van der Waals surface area contributed by atoms with E-state index >= 15 is 0 Å². The van der Waals surface area contributed by atoms with E-state index in [1.807, 2.05) is 37.3 Å². The van der Waals surface area contributed by atoms with Gasteiger partial charge in [0.05, 0.1) is 0 Å². The molecule has 0 bridgehead atoms. The molecule has 0 saturated carbocycles. The summed E-state index contributed by atoms with van der Waals surface area (Å²) in [4.78, 5) is 0. The van der Waals surface area contributed by atoms with Gasteiger partial charge in [-0.3, -0.25) is 0 Å². The molecule has 1 N–H and O–H groups in total. The van der Waals surface area contributed by atoms with Crippen LogP contribution in [0.15, 0.2) is 84.4 Å². The first-order chi connectivity index (χ1) is 12.6. The molecule has 0 unspecified atom stereocenters. The molecule has 3 aromatic rings. The fourth-order valence-electron chi connectivity index (χ4n) is 3.03. The highest BCUT2D eigenvalue weighted by Crippen LogP contribution is 2.27. The van der Waals surface area contributed by atoms with Crippen molar-refractivity contribution in [3.05, 3.63) is 113 Å². The van der Waals surface area contributed by atoms with Crippen LogP contribution in [0.4, 0.5) is 8.78 Å². The second kappa shape index (κ2) is 8.54. The zero-order valence-electron chi connectivity index (χ0n) is 14.7. The average Bonchev–Trinajstić information content (AvgIpc) is 2.63. The van der Waals surface area contributed by atoms with Crippen LogP contribution in [0.25, 0.3) is 5.57 Å². The maximum absolute atomic E-state index is 13.7. The molecule has 3 heteroatoms. The van der Waals surface area contributed by atoms with Crippen molar-refractivity contribution in [3.63, 3.8) is 0 Å². The minimum atomic E-state index is -0.304. The molecule has 1 nitrogen and oxygen atoms in total. The highest BCUT2D eigenvalue weighted by atomic mass is 19.1. The minimum Gasteiger partial charge on any atom is -0.309 e. The minimum absolute atomic E-state index is 0.304. The number of halogens is 2. The molecule has 0 saturated heterocycles. The van der Waals surface area contributed by atoms with E-state index in [-0.39, 0.29) is 11.6 Å². The molecule has 0 aliphatic heterocycles. The van der Waals surface area contributed by atoms with E-state index in [4.69, 9.17) is 0 Å². The topological polar surface area (TPSA) is 12.0 Å². The summed E-state index contributed by atoms with van der Waals surface area (Å²) in [5.74, 6) is -0.608. The summed E-state index contributed by atoms with van der Waals surface area (Å²) in [6.45, 7) is 3.35. The molecule has 3 rings (SSSR count). The van der Waals surface area contributed by atoms with Gasteiger partial charge in [-0.05, 0) is 53.5 Å². The first kappa shape index (κ1) is 18.0. The van der Waals surface area contributed by atoms with Crippen LogP contribution < -0.4 is 5.32 Å². The van der Waals surface area contributed by atoms with Crippen LogP contribution in [0, 0.1) is 11.6 Å². The summed E-state index contributed by atoms with van der Waals surface area (Å²) in [6, 6.07) is 23.0. The van der Waals surface area contributed by atoms with Crippen molar-refractivity contribution in [2.45, 2.75) is 13.5 Å². The van der Waals surface area contributed by atoms with Crippen LogP contribution in [0.2, 0.25) is 0 Å². The summed E-state index contributed by atoms with van der Waals surface area (Å²) >= 11 is 0. The Morgan fingerprint density at radius 1 is 0.769 bits per heavy atom. The predicted molar refractivity (Wildman–Crippen MR) is 103 cm³/mol. The highest BCUT2D eigenvalue weighted by Gasteiger charge is 2.11. The lowest BCUT2D eigenvalue weighted by Crippen LogP contribution is -2.16. The van der Waals surface area contributed by atoms with Crippen molar-refractivity contribution < 1.29 is 8.78 Å². The van der Waals surface area contributed by atoms with Crippen molar-refractivity contribution >= 4 is 5.57 Å². The molecule has 0 amide bonds. The average molecular weight is 349 g/mol. The van der Waals surface area contributed by atoms with Crippen molar-refractivity contribution in [3.8, 4) is 0 Å². The molecule has 0 fully saturated rings. The maximum Gasteiger partial charge on any atom is 0.123 e. The van der Waals surface area contributed by atoms with Gasteiger partial charge in [0.15, 0.2) is 0 Å². The van der Waals surface area contributed by atoms with Gasteiger partial charge >= 0.3 is 0 Å². The van der Waals surface area contributed by atoms with Crippen molar-refractivity contribution in [1.29, 1.82) is 0 Å². The van der Waals surface area contributed by atoms with Gasteiger partial charge in [-0.2, -0.15) is 0 Å². The molecule has 0 aromatic heterocycles. The predicted octanol–water partition coefficient (Wildman–Crippen LogP) is 5.58. The van der Waals surface area contributed by atoms with Gasteiger partial charge in [0.2, 0.25) is 0 Å². The van der Waals surface area contributed by atoms with Gasteiger partial charge in [0.25, 0.3) is 0 Å². The summed E-state index contributed by atoms with van der Waals surface area (Å²) in [7, 11) is 0. The monoisotopic (exact) mass is 349 g/mol. The van der Waals surface area contributed by atoms with Crippen molar-refractivity contribution in [1.82, 2.24) is 5.32 Å². The Morgan fingerprint density at radius 2 is 1.35 bits per heavy atom. The fourth-order valence-corrected chi connectivity index (χ4v) is 3.03. The maximum atomic E-state index is 13.7. The van der Waals surface area contributed by atoms with Crippen LogP contribution in [0.5, 0.6) is 0 Å². The van der Waals surface area contributed by atoms with Gasteiger partial charge < -0.3 is 5.32 Å². The van der Waals surface area contributed by atoms with E-state index in [1.54, 1.807) is 12.1 Å². The fraction of sp³-hybridized carbons (Fsp3) is 0.130. The Kier molecular flexibility index (Phi) is 5.92. The standard InChI is InChI=1S/C23H21F2N/c1-17(15-26-16-18-7-3-2-4-8-18)23(19-9-5-11-21(24)13-19)20-10-6-12-22(25)14-20/h2-14,26H,15-16H2,1H3. The smallest absolute Gasteiger partial charge is 0.123 e. The molecule has 0 spiro atoms. The number of hydrogen-bond donors (Lipinski definition) is 1. The zero-order valence-corrected chi connectivity index (χ0v) is 14.7. The Balaban J connectivity index is 1.89. The summed E-state index contributed by atoms with van der Waals surface area (Å²) in [6.07, 6.45) is 0. The summed E-state index contributed by atoms with van der Waals surface area (Å²) in [5, 5.41) is 3.41. The Labute approximate surface area is 153 Å². The third-order valence-electron chi connectivity index (χ3n) is 4.22. The number of nitrogens with one attached hydrogen (secondary N) is 1. The van der Waals surface area contributed by atoms with Crippen molar-refractivity contribution in [2.24, 2.45) is 0 Å². The molecule has 3 aromatic carbocycles. The van der Waals surface area contributed by atoms with E-state index in [0.717, 1.165) is 28.8 Å². The Hall–Kier alpha value is -2.78. The van der Waals surface area contributed by atoms with Gasteiger partial charge in [-0.15, -0.1) is 0 Å². The van der Waals surface area contributed by atoms with E-state index in [9.17, 15) is 8.78 Å². The summed E-state index contributed by atoms with van der Waals surface area (Å²) < 4.78 is 27.5. The van der Waals surface area contributed by atoms with Crippen LogP contribution in [-0.2, 0) is 6.54 Å². The zero-order chi connectivity index (χ0) is 18.4. The molecular formula is C23H21F2N. The molecule has 0 heterocycles. The summed E-state index contributed by atoms with van der Waals surface area (Å²) in [5.41, 5.74) is 4.56. The molecule has 0 radical (unpaired) electrons. The normalized spacial score (nSPS) is 10.6.